The Balaban J connectivity index is 1.54. The molecule has 0 aliphatic carbocycles. The van der Waals surface area contributed by atoms with Crippen LogP contribution >= 0.6 is 0 Å². The molecule has 34 heavy (non-hydrogen) atoms. The summed E-state index contributed by atoms with van der Waals surface area (Å²) in [5.74, 6) is -1.84. The first-order valence-corrected chi connectivity index (χ1v) is 9.78. The number of alkyl halides is 3. The fourth-order valence-electron chi connectivity index (χ4n) is 3.05. The highest BCUT2D eigenvalue weighted by molar-refractivity contribution is 6.03. The van der Waals surface area contributed by atoms with Crippen LogP contribution in [0.3, 0.4) is 0 Å². The summed E-state index contributed by atoms with van der Waals surface area (Å²) in [6.45, 7) is 0.113. The SMILES string of the molecule is O=C(Nc1cccc(OCc2ccc(F)cc2)c1)c1nnn(-c2ccc(F)cc2)c1C(F)(F)F. The molecule has 1 N–H and O–H groups in total. The average Bonchev–Trinajstić information content (AvgIpc) is 3.26. The fourth-order valence-corrected chi connectivity index (χ4v) is 3.05. The molecule has 0 bridgehead atoms. The molecule has 174 valence electrons. The predicted octanol–water partition coefficient (Wildman–Crippen LogP) is 5.40. The van der Waals surface area contributed by atoms with Gasteiger partial charge in [0.25, 0.3) is 5.91 Å². The summed E-state index contributed by atoms with van der Waals surface area (Å²) in [6.07, 6.45) is -4.97. The van der Waals surface area contributed by atoms with E-state index in [9.17, 15) is 26.7 Å². The third-order valence-corrected chi connectivity index (χ3v) is 4.64. The van der Waals surface area contributed by atoms with Gasteiger partial charge in [0.1, 0.15) is 24.0 Å². The molecule has 0 fully saturated rings. The fraction of sp³-hybridized carbons (Fsp3) is 0.0870. The van der Waals surface area contributed by atoms with E-state index in [0.717, 1.165) is 24.3 Å². The van der Waals surface area contributed by atoms with Crippen LogP contribution in [0.2, 0.25) is 0 Å². The van der Waals surface area contributed by atoms with Crippen molar-refractivity contribution in [2.45, 2.75) is 12.8 Å². The minimum Gasteiger partial charge on any atom is -0.489 e. The number of amides is 1. The Hall–Kier alpha value is -4.28. The molecule has 4 aromatic rings. The minimum atomic E-state index is -4.97. The van der Waals surface area contributed by atoms with Crippen molar-refractivity contribution in [3.63, 3.8) is 0 Å². The zero-order valence-electron chi connectivity index (χ0n) is 17.2. The van der Waals surface area contributed by atoms with Gasteiger partial charge in [-0.25, -0.2) is 13.5 Å². The Labute approximate surface area is 189 Å². The van der Waals surface area contributed by atoms with Gasteiger partial charge in [0.15, 0.2) is 11.4 Å². The smallest absolute Gasteiger partial charge is 0.435 e. The van der Waals surface area contributed by atoms with Crippen molar-refractivity contribution < 1.29 is 31.5 Å². The van der Waals surface area contributed by atoms with Gasteiger partial charge in [0.2, 0.25) is 0 Å². The van der Waals surface area contributed by atoms with Gasteiger partial charge < -0.3 is 10.1 Å². The number of rotatable bonds is 6. The molecule has 1 amide bonds. The Kier molecular flexibility index (Phi) is 6.26. The zero-order chi connectivity index (χ0) is 24.3. The van der Waals surface area contributed by atoms with Crippen LogP contribution in [0, 0.1) is 11.6 Å². The lowest BCUT2D eigenvalue weighted by molar-refractivity contribution is -0.143. The highest BCUT2D eigenvalue weighted by atomic mass is 19.4. The van der Waals surface area contributed by atoms with E-state index < -0.39 is 29.3 Å². The van der Waals surface area contributed by atoms with Gasteiger partial charge in [-0.15, -0.1) is 5.10 Å². The maximum absolute atomic E-state index is 13.8. The minimum absolute atomic E-state index is 0.113. The normalized spacial score (nSPS) is 11.3. The Morgan fingerprint density at radius 3 is 2.24 bits per heavy atom. The largest absolute Gasteiger partial charge is 0.489 e. The summed E-state index contributed by atoms with van der Waals surface area (Å²) in [7, 11) is 0. The number of ether oxygens (including phenoxy) is 1. The molecule has 0 unspecified atom stereocenters. The average molecular weight is 474 g/mol. The molecule has 11 heteroatoms. The quantitative estimate of drug-likeness (QED) is 0.380. The number of hydrogen-bond donors (Lipinski definition) is 1. The van der Waals surface area contributed by atoms with E-state index in [1.54, 1.807) is 18.2 Å². The molecule has 4 rings (SSSR count). The number of nitrogens with one attached hydrogen (secondary N) is 1. The standard InChI is InChI=1S/C23H15F5N4O2/c24-15-6-4-14(5-7-15)13-34-19-3-1-2-17(12-19)29-22(33)20-21(23(26,27)28)32(31-30-20)18-10-8-16(25)9-11-18/h1-12H,13H2,(H,29,33). The van der Waals surface area contributed by atoms with Gasteiger partial charge in [0, 0.05) is 11.8 Å². The van der Waals surface area contributed by atoms with Crippen molar-refractivity contribution in [3.05, 3.63) is 101 Å². The summed E-state index contributed by atoms with van der Waals surface area (Å²) >= 11 is 0. The summed E-state index contributed by atoms with van der Waals surface area (Å²) in [6, 6.07) is 15.8. The lowest BCUT2D eigenvalue weighted by Crippen LogP contribution is -2.21. The topological polar surface area (TPSA) is 69.0 Å². The van der Waals surface area contributed by atoms with Gasteiger partial charge in [-0.2, -0.15) is 13.2 Å². The zero-order valence-corrected chi connectivity index (χ0v) is 17.2. The molecule has 0 atom stereocenters. The molecule has 6 nitrogen and oxygen atoms in total. The molecule has 0 spiro atoms. The maximum Gasteiger partial charge on any atom is 0.435 e. The van der Waals surface area contributed by atoms with E-state index in [0.29, 0.717) is 16.0 Å². The first kappa shape index (κ1) is 22.9. The van der Waals surface area contributed by atoms with Crippen molar-refractivity contribution in [1.29, 1.82) is 0 Å². The van der Waals surface area contributed by atoms with Crippen LogP contribution < -0.4 is 10.1 Å². The van der Waals surface area contributed by atoms with Crippen LogP contribution in [0.15, 0.2) is 72.8 Å². The van der Waals surface area contributed by atoms with E-state index >= 15 is 0 Å². The van der Waals surface area contributed by atoms with Crippen LogP contribution in [0.5, 0.6) is 5.75 Å². The first-order chi connectivity index (χ1) is 16.2. The second-order valence-corrected chi connectivity index (χ2v) is 7.07. The molecule has 3 aromatic carbocycles. The number of nitrogens with zero attached hydrogens (tertiary/aromatic N) is 3. The van der Waals surface area contributed by atoms with E-state index in [2.05, 4.69) is 15.6 Å². The second kappa shape index (κ2) is 9.30. The number of carbonyl (C=O) groups excluding carboxylic acids is 1. The number of anilines is 1. The summed E-state index contributed by atoms with van der Waals surface area (Å²) in [5.41, 5.74) is -1.61. The van der Waals surface area contributed by atoms with E-state index in [1.807, 2.05) is 0 Å². The predicted molar refractivity (Wildman–Crippen MR) is 111 cm³/mol. The Morgan fingerprint density at radius 1 is 0.941 bits per heavy atom. The van der Waals surface area contributed by atoms with Crippen molar-refractivity contribution >= 4 is 11.6 Å². The van der Waals surface area contributed by atoms with Crippen LogP contribution in [0.4, 0.5) is 27.6 Å². The Morgan fingerprint density at radius 2 is 1.59 bits per heavy atom. The van der Waals surface area contributed by atoms with Gasteiger partial charge in [0.05, 0.1) is 5.69 Å². The number of hydrogen-bond acceptors (Lipinski definition) is 4. The molecule has 0 radical (unpaired) electrons. The van der Waals surface area contributed by atoms with Crippen LogP contribution in [0.25, 0.3) is 5.69 Å². The number of aromatic nitrogens is 3. The monoisotopic (exact) mass is 474 g/mol. The van der Waals surface area contributed by atoms with Crippen molar-refractivity contribution in [2.75, 3.05) is 5.32 Å². The van der Waals surface area contributed by atoms with E-state index in [-0.39, 0.29) is 23.8 Å². The van der Waals surface area contributed by atoms with E-state index in [1.165, 1.54) is 30.3 Å². The highest BCUT2D eigenvalue weighted by Gasteiger charge is 2.42. The molecule has 1 heterocycles. The number of benzene rings is 3. The highest BCUT2D eigenvalue weighted by Crippen LogP contribution is 2.33. The summed E-state index contributed by atoms with van der Waals surface area (Å²) in [5, 5.41) is 9.20. The maximum atomic E-state index is 13.8. The summed E-state index contributed by atoms with van der Waals surface area (Å²) < 4.78 is 73.5. The lowest BCUT2D eigenvalue weighted by atomic mass is 10.2. The Bertz CT molecular complexity index is 1300. The van der Waals surface area contributed by atoms with Crippen molar-refractivity contribution in [1.82, 2.24) is 15.0 Å². The van der Waals surface area contributed by atoms with Crippen molar-refractivity contribution in [2.24, 2.45) is 0 Å². The third kappa shape index (κ3) is 5.20. The molecule has 0 saturated carbocycles. The number of carbonyl (C=O) groups is 1. The van der Waals surface area contributed by atoms with Gasteiger partial charge in [-0.1, -0.05) is 23.4 Å². The lowest BCUT2D eigenvalue weighted by Gasteiger charge is -2.12. The second-order valence-electron chi connectivity index (χ2n) is 7.07. The summed E-state index contributed by atoms with van der Waals surface area (Å²) in [4.78, 5) is 12.6. The molecular weight excluding hydrogens is 459 g/mol. The van der Waals surface area contributed by atoms with Gasteiger partial charge >= 0.3 is 6.18 Å². The van der Waals surface area contributed by atoms with Crippen LogP contribution in [-0.4, -0.2) is 20.9 Å². The molecule has 0 saturated heterocycles. The van der Waals surface area contributed by atoms with Crippen LogP contribution in [0.1, 0.15) is 21.7 Å². The molecular formula is C23H15F5N4O2. The van der Waals surface area contributed by atoms with Crippen LogP contribution in [-0.2, 0) is 12.8 Å². The number of halogens is 5. The molecule has 1 aromatic heterocycles. The molecule has 0 aliphatic heterocycles. The van der Waals surface area contributed by atoms with Gasteiger partial charge in [-0.3, -0.25) is 4.79 Å². The first-order valence-electron chi connectivity index (χ1n) is 9.78. The van der Waals surface area contributed by atoms with Crippen molar-refractivity contribution in [3.8, 4) is 11.4 Å². The van der Waals surface area contributed by atoms with Gasteiger partial charge in [-0.05, 0) is 54.1 Å². The third-order valence-electron chi connectivity index (χ3n) is 4.64. The molecule has 0 aliphatic rings. The van der Waals surface area contributed by atoms with E-state index in [4.69, 9.17) is 4.74 Å².